The van der Waals surface area contributed by atoms with Crippen molar-refractivity contribution in [3.63, 3.8) is 0 Å². The first-order valence-corrected chi connectivity index (χ1v) is 10.0. The van der Waals surface area contributed by atoms with Crippen LogP contribution in [0.15, 0.2) is 53.4 Å². The van der Waals surface area contributed by atoms with E-state index in [-0.39, 0.29) is 5.75 Å². The molecule has 1 aliphatic rings. The number of nitrogens with zero attached hydrogens (tertiary/aromatic N) is 1. The highest BCUT2D eigenvalue weighted by atomic mass is 32.2. The molecule has 0 radical (unpaired) electrons. The van der Waals surface area contributed by atoms with E-state index in [0.717, 1.165) is 23.6 Å². The first-order valence-electron chi connectivity index (χ1n) is 8.39. The first-order chi connectivity index (χ1) is 12.0. The summed E-state index contributed by atoms with van der Waals surface area (Å²) < 4.78 is 35.7. The number of hydrogen-bond donors (Lipinski definition) is 0. The van der Waals surface area contributed by atoms with Gasteiger partial charge in [-0.1, -0.05) is 24.3 Å². The van der Waals surface area contributed by atoms with E-state index in [1.54, 1.807) is 24.3 Å². The van der Waals surface area contributed by atoms with Gasteiger partial charge in [0.05, 0.1) is 10.6 Å². The Labute approximate surface area is 149 Å². The summed E-state index contributed by atoms with van der Waals surface area (Å²) in [5.41, 5.74) is 1.12. The number of sulfone groups is 1. The highest BCUT2D eigenvalue weighted by Gasteiger charge is 2.15. The summed E-state index contributed by atoms with van der Waals surface area (Å²) in [6, 6.07) is 14.6. The molecule has 0 atom stereocenters. The van der Waals surface area contributed by atoms with Gasteiger partial charge in [-0.3, -0.25) is 0 Å². The molecule has 0 saturated carbocycles. The van der Waals surface area contributed by atoms with Gasteiger partial charge in [-0.05, 0) is 49.8 Å². The van der Waals surface area contributed by atoms with Gasteiger partial charge in [0.25, 0.3) is 0 Å². The highest BCUT2D eigenvalue weighted by molar-refractivity contribution is 7.91. The molecule has 2 aromatic rings. The monoisotopic (exact) mass is 361 g/mol. The zero-order valence-corrected chi connectivity index (χ0v) is 15.2. The van der Waals surface area contributed by atoms with E-state index in [1.165, 1.54) is 0 Å². The van der Waals surface area contributed by atoms with Gasteiger partial charge in [0.15, 0.2) is 21.3 Å². The van der Waals surface area contributed by atoms with Gasteiger partial charge in [0, 0.05) is 6.54 Å². The van der Waals surface area contributed by atoms with Crippen LogP contribution in [-0.4, -0.2) is 45.9 Å². The van der Waals surface area contributed by atoms with Crippen LogP contribution in [0.5, 0.6) is 11.5 Å². The largest absolute Gasteiger partial charge is 0.486 e. The molecule has 3 rings (SSSR count). The lowest BCUT2D eigenvalue weighted by Gasteiger charge is -2.21. The van der Waals surface area contributed by atoms with Crippen molar-refractivity contribution in [3.8, 4) is 11.5 Å². The van der Waals surface area contributed by atoms with Crippen LogP contribution < -0.4 is 9.47 Å². The van der Waals surface area contributed by atoms with Crippen LogP contribution >= 0.6 is 0 Å². The van der Waals surface area contributed by atoms with Gasteiger partial charge < -0.3 is 14.4 Å². The highest BCUT2D eigenvalue weighted by Crippen LogP contribution is 2.31. The number of fused-ring (bicyclic) bond motifs is 1. The lowest BCUT2D eigenvalue weighted by Crippen LogP contribution is -2.22. The molecule has 0 spiro atoms. The van der Waals surface area contributed by atoms with Crippen molar-refractivity contribution in [1.82, 2.24) is 4.90 Å². The minimum Gasteiger partial charge on any atom is -0.486 e. The predicted molar refractivity (Wildman–Crippen MR) is 96.9 cm³/mol. The van der Waals surface area contributed by atoms with E-state index in [9.17, 15) is 8.42 Å². The molecule has 25 heavy (non-hydrogen) atoms. The van der Waals surface area contributed by atoms with Gasteiger partial charge in [-0.15, -0.1) is 0 Å². The van der Waals surface area contributed by atoms with Crippen molar-refractivity contribution in [2.24, 2.45) is 0 Å². The smallest absolute Gasteiger partial charge is 0.178 e. The topological polar surface area (TPSA) is 55.8 Å². The van der Waals surface area contributed by atoms with Crippen LogP contribution in [0, 0.1) is 0 Å². The molecule has 6 heteroatoms. The minimum atomic E-state index is -3.20. The minimum absolute atomic E-state index is 0.155. The van der Waals surface area contributed by atoms with E-state index in [4.69, 9.17) is 9.47 Å². The molecule has 0 fully saturated rings. The normalized spacial score (nSPS) is 13.8. The molecule has 0 aromatic heterocycles. The van der Waals surface area contributed by atoms with Crippen LogP contribution in [-0.2, 0) is 16.4 Å². The summed E-state index contributed by atoms with van der Waals surface area (Å²) in [4.78, 5) is 2.51. The number of ether oxygens (including phenoxy) is 2. The Balaban J connectivity index is 1.51. The number of hydrogen-bond acceptors (Lipinski definition) is 5. The van der Waals surface area contributed by atoms with Crippen LogP contribution in [0.1, 0.15) is 12.0 Å². The third kappa shape index (κ3) is 4.74. The summed E-state index contributed by atoms with van der Waals surface area (Å²) >= 11 is 0. The van der Waals surface area contributed by atoms with Gasteiger partial charge in [-0.2, -0.15) is 0 Å². The van der Waals surface area contributed by atoms with E-state index in [2.05, 4.69) is 4.90 Å². The Kier molecular flexibility index (Phi) is 5.60. The van der Waals surface area contributed by atoms with Gasteiger partial charge in [0.2, 0.25) is 0 Å². The van der Waals surface area contributed by atoms with Crippen molar-refractivity contribution in [1.29, 1.82) is 0 Å². The molecule has 0 unspecified atom stereocenters. The molecule has 0 amide bonds. The van der Waals surface area contributed by atoms with E-state index in [0.29, 0.717) is 31.1 Å². The Morgan fingerprint density at radius 3 is 2.48 bits per heavy atom. The predicted octanol–water partition coefficient (Wildman–Crippen LogP) is 2.75. The van der Waals surface area contributed by atoms with Crippen LogP contribution in [0.25, 0.3) is 0 Å². The maximum Gasteiger partial charge on any atom is 0.178 e. The average molecular weight is 361 g/mol. The second-order valence-electron chi connectivity index (χ2n) is 6.20. The number of benzene rings is 2. The molecule has 0 bridgehead atoms. The molecule has 1 heterocycles. The average Bonchev–Trinajstić information content (AvgIpc) is 2.62. The van der Waals surface area contributed by atoms with Gasteiger partial charge in [-0.25, -0.2) is 8.42 Å². The lowest BCUT2D eigenvalue weighted by atomic mass is 10.2. The Morgan fingerprint density at radius 1 is 1.00 bits per heavy atom. The van der Waals surface area contributed by atoms with Crippen molar-refractivity contribution in [2.75, 3.05) is 32.6 Å². The summed E-state index contributed by atoms with van der Waals surface area (Å²) in [5, 5.41) is 0. The first kappa shape index (κ1) is 17.8. The van der Waals surface area contributed by atoms with Crippen molar-refractivity contribution >= 4 is 9.84 Å². The standard InChI is InChI=1S/C19H23NO4S/c1-20(10-5-13-25(21,22)17-6-3-2-4-7-17)15-16-8-9-18-19(14-16)24-12-11-23-18/h2-4,6-9,14H,5,10-13,15H2,1H3. The Hall–Kier alpha value is -2.05. The lowest BCUT2D eigenvalue weighted by molar-refractivity contribution is 0.171. The summed E-state index contributed by atoms with van der Waals surface area (Å²) in [6.45, 7) is 2.61. The third-order valence-electron chi connectivity index (χ3n) is 4.11. The maximum atomic E-state index is 12.3. The molecule has 134 valence electrons. The molecular formula is C19H23NO4S. The zero-order chi connectivity index (χ0) is 17.7. The van der Waals surface area contributed by atoms with E-state index in [1.807, 2.05) is 31.3 Å². The van der Waals surface area contributed by atoms with E-state index >= 15 is 0 Å². The van der Waals surface area contributed by atoms with Crippen molar-refractivity contribution in [2.45, 2.75) is 17.9 Å². The fourth-order valence-electron chi connectivity index (χ4n) is 2.85. The molecule has 2 aromatic carbocycles. The number of rotatable bonds is 7. The van der Waals surface area contributed by atoms with Crippen LogP contribution in [0.2, 0.25) is 0 Å². The van der Waals surface area contributed by atoms with E-state index < -0.39 is 9.84 Å². The van der Waals surface area contributed by atoms with Gasteiger partial charge >= 0.3 is 0 Å². The Morgan fingerprint density at radius 2 is 1.72 bits per heavy atom. The molecule has 0 saturated heterocycles. The SMILES string of the molecule is CN(CCCS(=O)(=O)c1ccccc1)Cc1ccc2c(c1)OCCO2. The second-order valence-corrected chi connectivity index (χ2v) is 8.31. The molecule has 0 aliphatic carbocycles. The zero-order valence-electron chi connectivity index (χ0n) is 14.3. The molecule has 5 nitrogen and oxygen atoms in total. The maximum absolute atomic E-state index is 12.3. The van der Waals surface area contributed by atoms with Crippen LogP contribution in [0.3, 0.4) is 0 Å². The summed E-state index contributed by atoms with van der Waals surface area (Å²) in [5.74, 6) is 1.72. The quantitative estimate of drug-likeness (QED) is 0.759. The molecule has 0 N–H and O–H groups in total. The second kappa shape index (κ2) is 7.89. The van der Waals surface area contributed by atoms with Gasteiger partial charge in [0.1, 0.15) is 13.2 Å². The Bertz CT molecular complexity index is 805. The van der Waals surface area contributed by atoms with Crippen molar-refractivity contribution in [3.05, 3.63) is 54.1 Å². The fourth-order valence-corrected chi connectivity index (χ4v) is 4.16. The molecule has 1 aliphatic heterocycles. The summed E-state index contributed by atoms with van der Waals surface area (Å²) in [6.07, 6.45) is 0.596. The van der Waals surface area contributed by atoms with Crippen molar-refractivity contribution < 1.29 is 17.9 Å². The third-order valence-corrected chi connectivity index (χ3v) is 5.93. The molecular weight excluding hydrogens is 338 g/mol. The summed E-state index contributed by atoms with van der Waals surface area (Å²) in [7, 11) is -1.21. The van der Waals surface area contributed by atoms with Crippen LogP contribution in [0.4, 0.5) is 0 Å². The fraction of sp³-hybridized carbons (Fsp3) is 0.368.